The van der Waals surface area contributed by atoms with E-state index in [1.807, 2.05) is 49.4 Å². The van der Waals surface area contributed by atoms with E-state index < -0.39 is 0 Å². The van der Waals surface area contributed by atoms with Crippen LogP contribution in [0.25, 0.3) is 0 Å². The monoisotopic (exact) mass is 362 g/mol. The number of nitrogens with zero attached hydrogens (tertiary/aromatic N) is 1. The average Bonchev–Trinajstić information content (AvgIpc) is 2.73. The highest BCUT2D eigenvalue weighted by Crippen LogP contribution is 2.29. The molecule has 0 aliphatic heterocycles. The summed E-state index contributed by atoms with van der Waals surface area (Å²) in [5.41, 5.74) is 2.52. The number of amides is 1. The number of benzene rings is 2. The molecule has 1 N–H and O–H groups in total. The maximum absolute atomic E-state index is 12.6. The van der Waals surface area contributed by atoms with E-state index >= 15 is 0 Å². The van der Waals surface area contributed by atoms with Crippen molar-refractivity contribution in [3.63, 3.8) is 0 Å². The number of aromatic nitrogens is 1. The number of methoxy groups -OCH3 is 1. The van der Waals surface area contributed by atoms with Crippen LogP contribution in [0, 0.1) is 0 Å². The van der Waals surface area contributed by atoms with Crippen molar-refractivity contribution < 1.29 is 14.3 Å². The molecule has 138 valence electrons. The summed E-state index contributed by atoms with van der Waals surface area (Å²) < 4.78 is 11.2. The van der Waals surface area contributed by atoms with Gasteiger partial charge < -0.3 is 14.8 Å². The molecule has 0 radical (unpaired) electrons. The van der Waals surface area contributed by atoms with Gasteiger partial charge >= 0.3 is 0 Å². The molecule has 2 aromatic carbocycles. The van der Waals surface area contributed by atoms with Crippen LogP contribution in [0.2, 0.25) is 0 Å². The molecular weight excluding hydrogens is 340 g/mol. The fourth-order valence-electron chi connectivity index (χ4n) is 2.66. The Kier molecular flexibility index (Phi) is 6.05. The van der Waals surface area contributed by atoms with Gasteiger partial charge in [-0.3, -0.25) is 9.78 Å². The van der Waals surface area contributed by atoms with Crippen LogP contribution in [0.15, 0.2) is 73.1 Å². The standard InChI is InChI=1S/C22H22N2O3/c1-16(19-9-6-12-23-14-19)24-22(25)18-10-11-20(21(13-18)26-2)27-15-17-7-4-3-5-8-17/h3-14,16H,15H2,1-2H3,(H,24,25). The van der Waals surface area contributed by atoms with Crippen molar-refractivity contribution in [1.82, 2.24) is 10.3 Å². The molecule has 0 saturated heterocycles. The molecule has 1 atom stereocenters. The average molecular weight is 362 g/mol. The number of ether oxygens (including phenoxy) is 2. The zero-order chi connectivity index (χ0) is 19.1. The lowest BCUT2D eigenvalue weighted by Gasteiger charge is -2.15. The second kappa shape index (κ2) is 8.85. The van der Waals surface area contributed by atoms with E-state index in [9.17, 15) is 4.79 Å². The molecule has 0 spiro atoms. The van der Waals surface area contributed by atoms with Crippen LogP contribution >= 0.6 is 0 Å². The topological polar surface area (TPSA) is 60.5 Å². The lowest BCUT2D eigenvalue weighted by molar-refractivity contribution is 0.0939. The number of rotatable bonds is 7. The quantitative estimate of drug-likeness (QED) is 0.686. The van der Waals surface area contributed by atoms with Crippen LogP contribution in [-0.4, -0.2) is 18.0 Å². The van der Waals surface area contributed by atoms with Gasteiger partial charge in [-0.15, -0.1) is 0 Å². The molecule has 5 heteroatoms. The van der Waals surface area contributed by atoms with Crippen molar-refractivity contribution in [2.24, 2.45) is 0 Å². The van der Waals surface area contributed by atoms with Crippen molar-refractivity contribution in [2.75, 3.05) is 7.11 Å². The molecule has 1 amide bonds. The lowest BCUT2D eigenvalue weighted by Crippen LogP contribution is -2.26. The zero-order valence-electron chi connectivity index (χ0n) is 15.4. The SMILES string of the molecule is COc1cc(C(=O)NC(C)c2cccnc2)ccc1OCc1ccccc1. The molecular formula is C22H22N2O3. The van der Waals surface area contributed by atoms with Crippen LogP contribution in [0.4, 0.5) is 0 Å². The van der Waals surface area contributed by atoms with Crippen molar-refractivity contribution in [3.8, 4) is 11.5 Å². The number of carbonyl (C=O) groups is 1. The largest absolute Gasteiger partial charge is 0.493 e. The van der Waals surface area contributed by atoms with E-state index in [-0.39, 0.29) is 11.9 Å². The first kappa shape index (κ1) is 18.5. The minimum Gasteiger partial charge on any atom is -0.493 e. The molecule has 0 saturated carbocycles. The van der Waals surface area contributed by atoms with Gasteiger partial charge in [-0.25, -0.2) is 0 Å². The summed E-state index contributed by atoms with van der Waals surface area (Å²) in [6, 6.07) is 18.7. The lowest BCUT2D eigenvalue weighted by atomic mass is 10.1. The summed E-state index contributed by atoms with van der Waals surface area (Å²) in [6.45, 7) is 2.35. The van der Waals surface area contributed by atoms with Crippen LogP contribution in [0.5, 0.6) is 11.5 Å². The number of pyridine rings is 1. The molecule has 1 heterocycles. The molecule has 0 aliphatic carbocycles. The summed E-state index contributed by atoms with van der Waals surface area (Å²) in [5.74, 6) is 0.935. The van der Waals surface area contributed by atoms with E-state index in [0.29, 0.717) is 23.7 Å². The Balaban J connectivity index is 1.68. The van der Waals surface area contributed by atoms with E-state index in [4.69, 9.17) is 9.47 Å². The Morgan fingerprint density at radius 2 is 1.89 bits per heavy atom. The van der Waals surface area contributed by atoms with E-state index in [1.165, 1.54) is 0 Å². The third-order valence-electron chi connectivity index (χ3n) is 4.19. The summed E-state index contributed by atoms with van der Waals surface area (Å²) >= 11 is 0. The van der Waals surface area contributed by atoms with Crippen molar-refractivity contribution in [1.29, 1.82) is 0 Å². The number of hydrogen-bond donors (Lipinski definition) is 1. The maximum atomic E-state index is 12.6. The Morgan fingerprint density at radius 1 is 1.07 bits per heavy atom. The second-order valence-electron chi connectivity index (χ2n) is 6.12. The van der Waals surface area contributed by atoms with Gasteiger partial charge in [-0.2, -0.15) is 0 Å². The first-order chi connectivity index (χ1) is 13.2. The smallest absolute Gasteiger partial charge is 0.251 e. The first-order valence-electron chi connectivity index (χ1n) is 8.73. The predicted octanol–water partition coefficient (Wildman–Crippen LogP) is 4.16. The highest BCUT2D eigenvalue weighted by atomic mass is 16.5. The van der Waals surface area contributed by atoms with E-state index in [0.717, 1.165) is 11.1 Å². The van der Waals surface area contributed by atoms with Crippen LogP contribution < -0.4 is 14.8 Å². The minimum absolute atomic E-state index is 0.147. The van der Waals surface area contributed by atoms with Crippen molar-refractivity contribution in [2.45, 2.75) is 19.6 Å². The highest BCUT2D eigenvalue weighted by Gasteiger charge is 2.14. The minimum atomic E-state index is -0.181. The van der Waals surface area contributed by atoms with Gasteiger partial charge in [-0.05, 0) is 42.3 Å². The Bertz CT molecular complexity index is 883. The zero-order valence-corrected chi connectivity index (χ0v) is 15.4. The molecule has 3 aromatic rings. The third-order valence-corrected chi connectivity index (χ3v) is 4.19. The predicted molar refractivity (Wildman–Crippen MR) is 104 cm³/mol. The summed E-state index contributed by atoms with van der Waals surface area (Å²) in [7, 11) is 1.56. The van der Waals surface area contributed by atoms with Crippen molar-refractivity contribution >= 4 is 5.91 Å². The Hall–Kier alpha value is -3.34. The molecule has 5 nitrogen and oxygen atoms in total. The Labute approximate surface area is 159 Å². The molecule has 3 rings (SSSR count). The first-order valence-corrected chi connectivity index (χ1v) is 8.73. The van der Waals surface area contributed by atoms with Gasteiger partial charge in [0, 0.05) is 18.0 Å². The normalized spacial score (nSPS) is 11.5. The molecule has 0 fully saturated rings. The maximum Gasteiger partial charge on any atom is 0.251 e. The number of hydrogen-bond acceptors (Lipinski definition) is 4. The van der Waals surface area contributed by atoms with Gasteiger partial charge in [0.1, 0.15) is 6.61 Å². The van der Waals surface area contributed by atoms with Crippen LogP contribution in [-0.2, 0) is 6.61 Å². The van der Waals surface area contributed by atoms with Gasteiger partial charge in [0.2, 0.25) is 0 Å². The number of carbonyl (C=O) groups excluding carboxylic acids is 1. The second-order valence-corrected chi connectivity index (χ2v) is 6.12. The molecule has 1 unspecified atom stereocenters. The number of nitrogens with one attached hydrogen (secondary N) is 1. The summed E-state index contributed by atoms with van der Waals surface area (Å²) in [6.07, 6.45) is 3.45. The Morgan fingerprint density at radius 3 is 2.59 bits per heavy atom. The molecule has 27 heavy (non-hydrogen) atoms. The van der Waals surface area contributed by atoms with Gasteiger partial charge in [0.15, 0.2) is 11.5 Å². The van der Waals surface area contributed by atoms with Crippen LogP contribution in [0.3, 0.4) is 0 Å². The van der Waals surface area contributed by atoms with Gasteiger partial charge in [-0.1, -0.05) is 36.4 Å². The molecule has 0 aliphatic rings. The van der Waals surface area contributed by atoms with Gasteiger partial charge in [0.05, 0.1) is 13.2 Å². The molecule has 1 aromatic heterocycles. The third kappa shape index (κ3) is 4.85. The van der Waals surface area contributed by atoms with Gasteiger partial charge in [0.25, 0.3) is 5.91 Å². The van der Waals surface area contributed by atoms with Crippen LogP contribution in [0.1, 0.15) is 34.5 Å². The highest BCUT2D eigenvalue weighted by molar-refractivity contribution is 5.95. The molecule has 0 bridgehead atoms. The van der Waals surface area contributed by atoms with Crippen molar-refractivity contribution in [3.05, 3.63) is 89.7 Å². The van der Waals surface area contributed by atoms with E-state index in [1.54, 1.807) is 37.7 Å². The summed E-state index contributed by atoms with van der Waals surface area (Å²) in [4.78, 5) is 16.6. The fourth-order valence-corrected chi connectivity index (χ4v) is 2.66. The fraction of sp³-hybridized carbons (Fsp3) is 0.182. The van der Waals surface area contributed by atoms with E-state index in [2.05, 4.69) is 10.3 Å². The summed E-state index contributed by atoms with van der Waals surface area (Å²) in [5, 5.41) is 2.97.